The molecule has 1 rings (SSSR count). The van der Waals surface area contributed by atoms with E-state index in [0.717, 1.165) is 0 Å². The number of rotatable bonds is 8. The number of guanidine groups is 1. The topological polar surface area (TPSA) is 54.9 Å². The van der Waals surface area contributed by atoms with Gasteiger partial charge in [0.1, 0.15) is 11.6 Å². The molecule has 130 valence electrons. The third kappa shape index (κ3) is 6.77. The van der Waals surface area contributed by atoms with Gasteiger partial charge >= 0.3 is 6.61 Å². The Morgan fingerprint density at radius 3 is 2.70 bits per heavy atom. The summed E-state index contributed by atoms with van der Waals surface area (Å²) in [6.45, 7) is 1.68. The van der Waals surface area contributed by atoms with Crippen LogP contribution >= 0.6 is 0 Å². The monoisotopic (exact) mass is 333 g/mol. The largest absolute Gasteiger partial charge is 0.434 e. The average Bonchev–Trinajstić information content (AvgIpc) is 2.46. The highest BCUT2D eigenvalue weighted by atomic mass is 19.3. The predicted octanol–water partition coefficient (Wildman–Crippen LogP) is 2.52. The average molecular weight is 333 g/mol. The number of hydrogen-bond donors (Lipinski definition) is 2. The van der Waals surface area contributed by atoms with Crippen LogP contribution in [-0.2, 0) is 11.3 Å². The van der Waals surface area contributed by atoms with Crippen molar-refractivity contribution in [3.05, 3.63) is 29.6 Å². The van der Waals surface area contributed by atoms with Crippen molar-refractivity contribution in [1.29, 1.82) is 0 Å². The number of benzene rings is 1. The van der Waals surface area contributed by atoms with Crippen molar-refractivity contribution >= 4 is 5.96 Å². The Bertz CT molecular complexity index is 513. The van der Waals surface area contributed by atoms with Gasteiger partial charge in [-0.05, 0) is 26.0 Å². The molecule has 0 saturated heterocycles. The predicted molar refractivity (Wildman–Crippen MR) is 82.3 cm³/mol. The van der Waals surface area contributed by atoms with Crippen molar-refractivity contribution in [2.75, 3.05) is 20.3 Å². The normalized spacial score (nSPS) is 13.1. The number of nitrogens with one attached hydrogen (secondary N) is 2. The Morgan fingerprint density at radius 1 is 1.35 bits per heavy atom. The van der Waals surface area contributed by atoms with Crippen molar-refractivity contribution in [2.45, 2.75) is 33.0 Å². The molecule has 1 aromatic carbocycles. The third-order valence-electron chi connectivity index (χ3n) is 2.83. The van der Waals surface area contributed by atoms with Crippen LogP contribution in [0, 0.1) is 5.82 Å². The zero-order valence-corrected chi connectivity index (χ0v) is 13.4. The number of alkyl halides is 2. The quantitative estimate of drug-likeness (QED) is 0.567. The molecular formula is C15H22F3N3O2. The molecule has 0 saturated carbocycles. The summed E-state index contributed by atoms with van der Waals surface area (Å²) < 4.78 is 48.0. The molecule has 0 fully saturated rings. The first-order valence-corrected chi connectivity index (χ1v) is 7.23. The van der Waals surface area contributed by atoms with Crippen LogP contribution in [-0.4, -0.2) is 38.9 Å². The van der Waals surface area contributed by atoms with E-state index in [9.17, 15) is 13.2 Å². The fourth-order valence-corrected chi connectivity index (χ4v) is 1.90. The Kier molecular flexibility index (Phi) is 8.25. The lowest BCUT2D eigenvalue weighted by atomic mass is 10.2. The zero-order chi connectivity index (χ0) is 17.2. The van der Waals surface area contributed by atoms with Crippen LogP contribution in [0.2, 0.25) is 0 Å². The second kappa shape index (κ2) is 9.94. The Balaban J connectivity index is 2.90. The number of aliphatic imine (C=N–C) groups is 1. The smallest absolute Gasteiger partial charge is 0.387 e. The Hall–Kier alpha value is -1.96. The molecule has 1 aromatic rings. The van der Waals surface area contributed by atoms with E-state index in [1.165, 1.54) is 18.2 Å². The maximum atomic E-state index is 13.9. The van der Waals surface area contributed by atoms with Crippen LogP contribution < -0.4 is 15.4 Å². The van der Waals surface area contributed by atoms with Crippen molar-refractivity contribution in [1.82, 2.24) is 10.6 Å². The number of nitrogens with zero attached hydrogens (tertiary/aromatic N) is 1. The summed E-state index contributed by atoms with van der Waals surface area (Å²) in [6, 6.07) is 3.75. The van der Waals surface area contributed by atoms with Crippen LogP contribution in [0.3, 0.4) is 0 Å². The van der Waals surface area contributed by atoms with Crippen molar-refractivity contribution in [3.63, 3.8) is 0 Å². The minimum Gasteiger partial charge on any atom is -0.434 e. The first-order chi connectivity index (χ1) is 11.0. The van der Waals surface area contributed by atoms with Gasteiger partial charge in [-0.3, -0.25) is 0 Å². The first-order valence-electron chi connectivity index (χ1n) is 7.23. The molecule has 0 aromatic heterocycles. The highest BCUT2D eigenvalue weighted by Crippen LogP contribution is 2.24. The minimum atomic E-state index is -3.02. The summed E-state index contributed by atoms with van der Waals surface area (Å²) in [4.78, 5) is 4.21. The molecule has 0 bridgehead atoms. The zero-order valence-electron chi connectivity index (χ0n) is 13.4. The van der Waals surface area contributed by atoms with Gasteiger partial charge in [0.15, 0.2) is 5.96 Å². The minimum absolute atomic E-state index is 0.0183. The summed E-state index contributed by atoms with van der Waals surface area (Å²) in [5, 5.41) is 6.07. The number of methoxy groups -OCH3 is 1. The van der Waals surface area contributed by atoms with Crippen LogP contribution in [0.4, 0.5) is 13.2 Å². The highest BCUT2D eigenvalue weighted by Gasteiger charge is 2.14. The molecule has 1 atom stereocenters. The SMILES string of the molecule is CCNC(=NCc1c(F)cccc1OC(F)F)NC(C)COC. The molecule has 0 spiro atoms. The summed E-state index contributed by atoms with van der Waals surface area (Å²) >= 11 is 0. The van der Waals surface area contributed by atoms with Crippen LogP contribution in [0.1, 0.15) is 19.4 Å². The lowest BCUT2D eigenvalue weighted by Gasteiger charge is -2.17. The van der Waals surface area contributed by atoms with E-state index in [1.54, 1.807) is 7.11 Å². The van der Waals surface area contributed by atoms with Gasteiger partial charge in [0, 0.05) is 19.7 Å². The maximum Gasteiger partial charge on any atom is 0.387 e. The van der Waals surface area contributed by atoms with Gasteiger partial charge in [0.2, 0.25) is 0 Å². The van der Waals surface area contributed by atoms with E-state index in [4.69, 9.17) is 4.74 Å². The lowest BCUT2D eigenvalue weighted by molar-refractivity contribution is -0.0506. The molecule has 0 aliphatic rings. The second-order valence-electron chi connectivity index (χ2n) is 4.79. The van der Waals surface area contributed by atoms with Gasteiger partial charge in [-0.1, -0.05) is 6.07 Å². The molecule has 0 amide bonds. The van der Waals surface area contributed by atoms with Crippen LogP contribution in [0.5, 0.6) is 5.75 Å². The van der Waals surface area contributed by atoms with E-state index in [-0.39, 0.29) is 23.9 Å². The summed E-state index contributed by atoms with van der Waals surface area (Å²) in [5.74, 6) is -0.430. The molecule has 1 unspecified atom stereocenters. The lowest BCUT2D eigenvalue weighted by Crippen LogP contribution is -2.43. The molecule has 0 aliphatic carbocycles. The van der Waals surface area contributed by atoms with Gasteiger partial charge in [-0.15, -0.1) is 0 Å². The van der Waals surface area contributed by atoms with Crippen LogP contribution in [0.15, 0.2) is 23.2 Å². The Labute approximate surface area is 133 Å². The van der Waals surface area contributed by atoms with Gasteiger partial charge in [-0.2, -0.15) is 8.78 Å². The van der Waals surface area contributed by atoms with Crippen molar-refractivity contribution < 1.29 is 22.6 Å². The Morgan fingerprint density at radius 2 is 2.09 bits per heavy atom. The summed E-state index contributed by atoms with van der Waals surface area (Å²) in [5.41, 5.74) is -0.0237. The number of ether oxygens (including phenoxy) is 2. The van der Waals surface area contributed by atoms with Gasteiger partial charge in [0.05, 0.1) is 18.7 Å². The summed E-state index contributed by atoms with van der Waals surface area (Å²) in [7, 11) is 1.58. The van der Waals surface area contributed by atoms with Crippen molar-refractivity contribution in [3.8, 4) is 5.75 Å². The molecule has 5 nitrogen and oxygen atoms in total. The van der Waals surface area contributed by atoms with E-state index >= 15 is 0 Å². The van der Waals surface area contributed by atoms with E-state index in [2.05, 4.69) is 20.4 Å². The fourth-order valence-electron chi connectivity index (χ4n) is 1.90. The molecule has 2 N–H and O–H groups in total. The van der Waals surface area contributed by atoms with E-state index < -0.39 is 12.4 Å². The van der Waals surface area contributed by atoms with Gasteiger partial charge < -0.3 is 20.1 Å². The number of hydrogen-bond acceptors (Lipinski definition) is 3. The molecule has 0 heterocycles. The maximum absolute atomic E-state index is 13.9. The van der Waals surface area contributed by atoms with E-state index in [0.29, 0.717) is 19.1 Å². The third-order valence-corrected chi connectivity index (χ3v) is 2.83. The van der Waals surface area contributed by atoms with Gasteiger partial charge in [-0.25, -0.2) is 9.38 Å². The standard InChI is InChI=1S/C15H22F3N3O2/c1-4-19-15(21-10(2)9-22-3)20-8-11-12(16)6-5-7-13(11)23-14(17)18/h5-7,10,14H,4,8-9H2,1-3H3,(H2,19,20,21). The van der Waals surface area contributed by atoms with Crippen LogP contribution in [0.25, 0.3) is 0 Å². The summed E-state index contributed by atoms with van der Waals surface area (Å²) in [6.07, 6.45) is 0. The molecular weight excluding hydrogens is 311 g/mol. The highest BCUT2D eigenvalue weighted by molar-refractivity contribution is 5.80. The first kappa shape index (κ1) is 19.1. The number of halogens is 3. The van der Waals surface area contributed by atoms with Gasteiger partial charge in [0.25, 0.3) is 0 Å². The van der Waals surface area contributed by atoms with E-state index in [1.807, 2.05) is 13.8 Å². The molecule has 0 aliphatic heterocycles. The second-order valence-corrected chi connectivity index (χ2v) is 4.79. The molecule has 0 radical (unpaired) electrons. The fraction of sp³-hybridized carbons (Fsp3) is 0.533. The molecule has 8 heteroatoms. The van der Waals surface area contributed by atoms with Crippen molar-refractivity contribution in [2.24, 2.45) is 4.99 Å². The molecule has 23 heavy (non-hydrogen) atoms.